The Hall–Kier alpha value is -2.95. The molecule has 1 N–H and O–H groups in total. The minimum absolute atomic E-state index is 0.123. The number of nitrogens with one attached hydrogen (secondary N) is 1. The molecule has 23 heavy (non-hydrogen) atoms. The molecule has 0 saturated heterocycles. The Balaban J connectivity index is 1.76. The smallest absolute Gasteiger partial charge is 0.221 e. The predicted molar refractivity (Wildman–Crippen MR) is 86.8 cm³/mol. The summed E-state index contributed by atoms with van der Waals surface area (Å²) in [6.45, 7) is 1.74. The summed E-state index contributed by atoms with van der Waals surface area (Å²) in [7, 11) is 0. The fourth-order valence-electron chi connectivity index (χ4n) is 2.31. The number of benzene rings is 2. The van der Waals surface area contributed by atoms with E-state index in [4.69, 9.17) is 4.74 Å². The van der Waals surface area contributed by atoms with Gasteiger partial charge in [-0.25, -0.2) is 4.39 Å². The van der Waals surface area contributed by atoms with Crippen LogP contribution in [0.1, 0.15) is 12.5 Å². The average molecular weight is 310 g/mol. The van der Waals surface area contributed by atoms with Gasteiger partial charge in [-0.1, -0.05) is 6.07 Å². The molecule has 3 aromatic rings. The van der Waals surface area contributed by atoms with Crippen LogP contribution in [-0.4, -0.2) is 10.9 Å². The van der Waals surface area contributed by atoms with E-state index in [1.807, 2.05) is 0 Å². The van der Waals surface area contributed by atoms with Gasteiger partial charge >= 0.3 is 0 Å². The van der Waals surface area contributed by atoms with Crippen molar-refractivity contribution in [2.24, 2.45) is 0 Å². The van der Waals surface area contributed by atoms with E-state index in [2.05, 4.69) is 10.3 Å². The highest BCUT2D eigenvalue weighted by Gasteiger charge is 2.07. The number of pyridine rings is 1. The Kier molecular flexibility index (Phi) is 4.19. The summed E-state index contributed by atoms with van der Waals surface area (Å²) in [4.78, 5) is 15.2. The number of amides is 1. The molecule has 116 valence electrons. The monoisotopic (exact) mass is 310 g/mol. The summed E-state index contributed by atoms with van der Waals surface area (Å²) >= 11 is 0. The highest BCUT2D eigenvalue weighted by Crippen LogP contribution is 2.22. The van der Waals surface area contributed by atoms with Crippen molar-refractivity contribution in [1.82, 2.24) is 4.98 Å². The number of ether oxygens (including phenoxy) is 1. The van der Waals surface area contributed by atoms with Crippen molar-refractivity contribution >= 4 is 22.5 Å². The van der Waals surface area contributed by atoms with Gasteiger partial charge in [0.25, 0.3) is 0 Å². The maximum Gasteiger partial charge on any atom is 0.221 e. The lowest BCUT2D eigenvalue weighted by Gasteiger charge is -2.10. The van der Waals surface area contributed by atoms with Crippen molar-refractivity contribution in [3.63, 3.8) is 0 Å². The first kappa shape index (κ1) is 15.0. The summed E-state index contributed by atoms with van der Waals surface area (Å²) < 4.78 is 19.5. The number of fused-ring (bicyclic) bond motifs is 1. The molecule has 0 bridgehead atoms. The minimum atomic E-state index is -0.295. The van der Waals surface area contributed by atoms with Crippen LogP contribution in [0.15, 0.2) is 54.7 Å². The lowest BCUT2D eigenvalue weighted by Crippen LogP contribution is -2.05. The van der Waals surface area contributed by atoms with Gasteiger partial charge in [0.1, 0.15) is 18.2 Å². The van der Waals surface area contributed by atoms with E-state index >= 15 is 0 Å². The molecule has 0 atom stereocenters. The first-order valence-electron chi connectivity index (χ1n) is 7.16. The minimum Gasteiger partial charge on any atom is -0.489 e. The lowest BCUT2D eigenvalue weighted by atomic mass is 10.1. The van der Waals surface area contributed by atoms with Crippen LogP contribution in [-0.2, 0) is 11.4 Å². The van der Waals surface area contributed by atoms with Gasteiger partial charge in [0.05, 0.1) is 5.52 Å². The number of hydrogen-bond acceptors (Lipinski definition) is 3. The first-order valence-corrected chi connectivity index (χ1v) is 7.16. The molecule has 4 nitrogen and oxygen atoms in total. The molecule has 0 spiro atoms. The molecule has 0 unspecified atom stereocenters. The zero-order valence-electron chi connectivity index (χ0n) is 12.5. The average Bonchev–Trinajstić information content (AvgIpc) is 2.55. The number of hydrogen-bond donors (Lipinski definition) is 1. The number of nitrogens with zero attached hydrogens (tertiary/aromatic N) is 1. The Labute approximate surface area is 132 Å². The maximum absolute atomic E-state index is 13.8. The van der Waals surface area contributed by atoms with Crippen molar-refractivity contribution < 1.29 is 13.9 Å². The molecular formula is C18H15FN2O2. The highest BCUT2D eigenvalue weighted by molar-refractivity contribution is 5.88. The normalized spacial score (nSPS) is 10.5. The summed E-state index contributed by atoms with van der Waals surface area (Å²) in [5, 5.41) is 3.17. The van der Waals surface area contributed by atoms with Crippen LogP contribution in [0.2, 0.25) is 0 Å². The first-order chi connectivity index (χ1) is 11.1. The molecule has 1 aromatic heterocycles. The number of halogens is 1. The third-order valence-corrected chi connectivity index (χ3v) is 3.37. The van der Waals surface area contributed by atoms with Crippen LogP contribution in [0, 0.1) is 5.82 Å². The van der Waals surface area contributed by atoms with E-state index in [-0.39, 0.29) is 18.3 Å². The Morgan fingerprint density at radius 2 is 1.96 bits per heavy atom. The van der Waals surface area contributed by atoms with Gasteiger partial charge < -0.3 is 10.1 Å². The summed E-state index contributed by atoms with van der Waals surface area (Å²) in [6.07, 6.45) is 1.63. The predicted octanol–water partition coefficient (Wildman–Crippen LogP) is 3.91. The molecule has 3 rings (SSSR count). The van der Waals surface area contributed by atoms with Crippen LogP contribution >= 0.6 is 0 Å². The lowest BCUT2D eigenvalue weighted by molar-refractivity contribution is -0.114. The van der Waals surface area contributed by atoms with Crippen LogP contribution in [0.5, 0.6) is 5.75 Å². The molecule has 0 saturated carbocycles. The standard InChI is InChI=1S/C18H15FN2O2/c1-12(22)21-14-5-7-15(8-6-14)23-11-13-4-9-17(19)16-3-2-10-20-18(13)16/h2-10H,11H2,1H3,(H,21,22). The molecule has 5 heteroatoms. The Morgan fingerprint density at radius 1 is 1.17 bits per heavy atom. The van der Waals surface area contributed by atoms with Gasteiger partial charge in [-0.2, -0.15) is 0 Å². The fraction of sp³-hybridized carbons (Fsp3) is 0.111. The maximum atomic E-state index is 13.8. The van der Waals surface area contributed by atoms with Crippen LogP contribution in [0.4, 0.5) is 10.1 Å². The second-order valence-electron chi connectivity index (χ2n) is 5.10. The van der Waals surface area contributed by atoms with E-state index in [0.29, 0.717) is 22.3 Å². The Morgan fingerprint density at radius 3 is 2.70 bits per heavy atom. The zero-order chi connectivity index (χ0) is 16.2. The van der Waals surface area contributed by atoms with Crippen molar-refractivity contribution in [2.75, 3.05) is 5.32 Å². The molecule has 1 heterocycles. The van der Waals surface area contributed by atoms with Gasteiger partial charge in [-0.05, 0) is 42.5 Å². The van der Waals surface area contributed by atoms with Crippen LogP contribution in [0.3, 0.4) is 0 Å². The number of carbonyl (C=O) groups excluding carboxylic acids is 1. The highest BCUT2D eigenvalue weighted by atomic mass is 19.1. The largest absolute Gasteiger partial charge is 0.489 e. The van der Waals surface area contributed by atoms with Crippen molar-refractivity contribution in [3.8, 4) is 5.75 Å². The summed E-state index contributed by atoms with van der Waals surface area (Å²) in [5.41, 5.74) is 2.12. The topological polar surface area (TPSA) is 51.2 Å². The van der Waals surface area contributed by atoms with Crippen molar-refractivity contribution in [3.05, 3.63) is 66.1 Å². The van der Waals surface area contributed by atoms with Gasteiger partial charge in [-0.15, -0.1) is 0 Å². The molecule has 0 aliphatic heterocycles. The third-order valence-electron chi connectivity index (χ3n) is 3.37. The molecule has 0 radical (unpaired) electrons. The number of aromatic nitrogens is 1. The number of anilines is 1. The van der Waals surface area contributed by atoms with Gasteiger partial charge in [0.15, 0.2) is 0 Å². The molecule has 0 aliphatic carbocycles. The van der Waals surface area contributed by atoms with E-state index in [0.717, 1.165) is 5.56 Å². The Bertz CT molecular complexity index is 847. The van der Waals surface area contributed by atoms with Gasteiger partial charge in [0, 0.05) is 29.8 Å². The zero-order valence-corrected chi connectivity index (χ0v) is 12.5. The van der Waals surface area contributed by atoms with E-state index < -0.39 is 0 Å². The second-order valence-corrected chi connectivity index (χ2v) is 5.10. The number of carbonyl (C=O) groups is 1. The summed E-state index contributed by atoms with van der Waals surface area (Å²) in [6, 6.07) is 13.6. The third kappa shape index (κ3) is 3.45. The molecule has 0 fully saturated rings. The van der Waals surface area contributed by atoms with E-state index in [1.54, 1.807) is 48.7 Å². The van der Waals surface area contributed by atoms with Crippen LogP contribution in [0.25, 0.3) is 10.9 Å². The number of rotatable bonds is 4. The van der Waals surface area contributed by atoms with Crippen LogP contribution < -0.4 is 10.1 Å². The second kappa shape index (κ2) is 6.44. The molecule has 1 amide bonds. The molecule has 0 aliphatic rings. The van der Waals surface area contributed by atoms with Crippen molar-refractivity contribution in [2.45, 2.75) is 13.5 Å². The quantitative estimate of drug-likeness (QED) is 0.795. The molecular weight excluding hydrogens is 295 g/mol. The van der Waals surface area contributed by atoms with Gasteiger partial charge in [0.2, 0.25) is 5.91 Å². The fourth-order valence-corrected chi connectivity index (χ4v) is 2.31. The van der Waals surface area contributed by atoms with E-state index in [1.165, 1.54) is 13.0 Å². The van der Waals surface area contributed by atoms with E-state index in [9.17, 15) is 9.18 Å². The SMILES string of the molecule is CC(=O)Nc1ccc(OCc2ccc(F)c3cccnc23)cc1. The molecule has 2 aromatic carbocycles. The van der Waals surface area contributed by atoms with Gasteiger partial charge in [-0.3, -0.25) is 9.78 Å². The van der Waals surface area contributed by atoms with Crippen molar-refractivity contribution in [1.29, 1.82) is 0 Å². The summed E-state index contributed by atoms with van der Waals surface area (Å²) in [5.74, 6) is 0.242.